The smallest absolute Gasteiger partial charge is 0.267 e. The number of hydrogen-bond acceptors (Lipinski definition) is 5. The summed E-state index contributed by atoms with van der Waals surface area (Å²) in [5.41, 5.74) is 6.85. The number of aromatic nitrogens is 2. The zero-order chi connectivity index (χ0) is 15.8. The Bertz CT molecular complexity index is 791. The first-order chi connectivity index (χ1) is 9.69. The molecule has 0 aliphatic heterocycles. The summed E-state index contributed by atoms with van der Waals surface area (Å²) >= 11 is 2.92. The molecule has 2 rings (SSSR count). The summed E-state index contributed by atoms with van der Waals surface area (Å²) in [4.78, 5) is 7.33. The van der Waals surface area contributed by atoms with E-state index in [1.165, 1.54) is 6.07 Å². The van der Waals surface area contributed by atoms with E-state index in [0.717, 1.165) is 6.07 Å². The number of hydrogen-bond donors (Lipinski definition) is 2. The minimum absolute atomic E-state index is 0.0378. The van der Waals surface area contributed by atoms with Crippen LogP contribution in [0.25, 0.3) is 0 Å². The van der Waals surface area contributed by atoms with Crippen LogP contribution in [-0.4, -0.2) is 18.4 Å². The standard InChI is InChI=1S/C12H12BrFN4O2S/c1-6-3-7(2)17-12(16-6)18-21(19,20)10-5-8(15)4-9(13)11(10)14/h3-5H,15H2,1-2H3,(H,16,17,18). The quantitative estimate of drug-likeness (QED) is 0.803. The molecule has 2 aromatic rings. The Hall–Kier alpha value is -1.74. The minimum Gasteiger partial charge on any atom is -0.399 e. The van der Waals surface area contributed by atoms with Gasteiger partial charge < -0.3 is 5.73 Å². The summed E-state index contributed by atoms with van der Waals surface area (Å²) in [5, 5.41) is 0. The third kappa shape index (κ3) is 3.48. The third-order valence-corrected chi connectivity index (χ3v) is 4.42. The second-order valence-electron chi connectivity index (χ2n) is 4.39. The van der Waals surface area contributed by atoms with Crippen LogP contribution in [0.2, 0.25) is 0 Å². The normalized spacial score (nSPS) is 11.4. The van der Waals surface area contributed by atoms with Crippen LogP contribution in [0.15, 0.2) is 27.6 Å². The average molecular weight is 375 g/mol. The molecule has 0 fully saturated rings. The fourth-order valence-electron chi connectivity index (χ4n) is 1.73. The van der Waals surface area contributed by atoms with Crippen LogP contribution in [0, 0.1) is 19.7 Å². The van der Waals surface area contributed by atoms with Gasteiger partial charge in [-0.2, -0.15) is 0 Å². The van der Waals surface area contributed by atoms with Crippen molar-refractivity contribution in [2.24, 2.45) is 0 Å². The van der Waals surface area contributed by atoms with E-state index < -0.39 is 20.7 Å². The zero-order valence-corrected chi connectivity index (χ0v) is 13.6. The molecule has 0 saturated carbocycles. The Balaban J connectivity index is 2.48. The first-order valence-corrected chi connectivity index (χ1v) is 8.06. The highest BCUT2D eigenvalue weighted by Crippen LogP contribution is 2.27. The lowest BCUT2D eigenvalue weighted by Gasteiger charge is -2.10. The van der Waals surface area contributed by atoms with Gasteiger partial charge in [-0.1, -0.05) is 0 Å². The van der Waals surface area contributed by atoms with E-state index in [2.05, 4.69) is 30.6 Å². The molecule has 6 nitrogen and oxygen atoms in total. The highest BCUT2D eigenvalue weighted by Gasteiger charge is 2.23. The maximum Gasteiger partial charge on any atom is 0.267 e. The predicted octanol–water partition coefficient (Wildman–Crippen LogP) is 2.38. The van der Waals surface area contributed by atoms with Gasteiger partial charge in [0.15, 0.2) is 5.82 Å². The lowest BCUT2D eigenvalue weighted by Crippen LogP contribution is -2.17. The Morgan fingerprint density at radius 3 is 2.33 bits per heavy atom. The number of nitrogen functional groups attached to an aromatic ring is 1. The van der Waals surface area contributed by atoms with Crippen molar-refractivity contribution in [1.82, 2.24) is 9.97 Å². The Morgan fingerprint density at radius 2 is 1.76 bits per heavy atom. The topological polar surface area (TPSA) is 98.0 Å². The van der Waals surface area contributed by atoms with Crippen LogP contribution in [0.1, 0.15) is 11.4 Å². The summed E-state index contributed by atoms with van der Waals surface area (Å²) in [5.74, 6) is -1.05. The third-order valence-electron chi connectivity index (χ3n) is 2.51. The van der Waals surface area contributed by atoms with Gasteiger partial charge in [0.05, 0.1) is 4.47 Å². The van der Waals surface area contributed by atoms with Gasteiger partial charge in [0.2, 0.25) is 5.95 Å². The molecule has 0 aliphatic rings. The molecule has 0 atom stereocenters. The van der Waals surface area contributed by atoms with Gasteiger partial charge in [-0.25, -0.2) is 27.5 Å². The molecule has 0 unspecified atom stereocenters. The van der Waals surface area contributed by atoms with Crippen LogP contribution in [0.4, 0.5) is 16.0 Å². The van der Waals surface area contributed by atoms with Gasteiger partial charge in [-0.05, 0) is 48.0 Å². The van der Waals surface area contributed by atoms with E-state index >= 15 is 0 Å². The molecule has 21 heavy (non-hydrogen) atoms. The van der Waals surface area contributed by atoms with Crippen LogP contribution in [-0.2, 0) is 10.0 Å². The number of aryl methyl sites for hydroxylation is 2. The number of nitrogens with zero attached hydrogens (tertiary/aromatic N) is 2. The van der Waals surface area contributed by atoms with E-state index in [1.54, 1.807) is 19.9 Å². The first-order valence-electron chi connectivity index (χ1n) is 5.78. The predicted molar refractivity (Wildman–Crippen MR) is 80.8 cm³/mol. The lowest BCUT2D eigenvalue weighted by molar-refractivity contribution is 0.566. The van der Waals surface area contributed by atoms with Gasteiger partial charge in [-0.15, -0.1) is 0 Å². The van der Waals surface area contributed by atoms with Gasteiger partial charge in [-0.3, -0.25) is 0 Å². The molecule has 0 saturated heterocycles. The molecule has 1 aromatic heterocycles. The summed E-state index contributed by atoms with van der Waals surface area (Å²) < 4.78 is 40.6. The Morgan fingerprint density at radius 1 is 1.19 bits per heavy atom. The maximum atomic E-state index is 14.0. The van der Waals surface area contributed by atoms with Crippen LogP contribution in [0.3, 0.4) is 0 Å². The van der Waals surface area contributed by atoms with Gasteiger partial charge in [0.1, 0.15) is 4.90 Å². The monoisotopic (exact) mass is 374 g/mol. The van der Waals surface area contributed by atoms with Crippen molar-refractivity contribution in [3.63, 3.8) is 0 Å². The summed E-state index contributed by atoms with van der Waals surface area (Å²) in [7, 11) is -4.18. The molecule has 0 radical (unpaired) electrons. The van der Waals surface area contributed by atoms with Gasteiger partial charge >= 0.3 is 0 Å². The van der Waals surface area contributed by atoms with Crippen molar-refractivity contribution in [1.29, 1.82) is 0 Å². The minimum atomic E-state index is -4.18. The molecule has 9 heteroatoms. The molecular weight excluding hydrogens is 363 g/mol. The Labute approximate surface area is 129 Å². The Kier molecular flexibility index (Phi) is 4.15. The van der Waals surface area contributed by atoms with Crippen molar-refractivity contribution in [3.05, 3.63) is 39.9 Å². The highest BCUT2D eigenvalue weighted by atomic mass is 79.9. The summed E-state index contributed by atoms with van der Waals surface area (Å²) in [6.45, 7) is 3.40. The van der Waals surface area contributed by atoms with Crippen molar-refractivity contribution >= 4 is 37.6 Å². The van der Waals surface area contributed by atoms with E-state index in [1.807, 2.05) is 0 Å². The molecule has 1 heterocycles. The molecule has 112 valence electrons. The van der Waals surface area contributed by atoms with Crippen LogP contribution < -0.4 is 10.5 Å². The van der Waals surface area contributed by atoms with Crippen LogP contribution >= 0.6 is 15.9 Å². The summed E-state index contributed by atoms with van der Waals surface area (Å²) in [6.07, 6.45) is 0. The number of nitrogens with one attached hydrogen (secondary N) is 1. The van der Waals surface area contributed by atoms with Gasteiger partial charge in [0, 0.05) is 17.1 Å². The first kappa shape index (κ1) is 15.6. The number of halogens is 2. The molecule has 0 spiro atoms. The van der Waals surface area contributed by atoms with Gasteiger partial charge in [0.25, 0.3) is 10.0 Å². The fourth-order valence-corrected chi connectivity index (χ4v) is 3.41. The second-order valence-corrected chi connectivity index (χ2v) is 6.90. The molecular formula is C12H12BrFN4O2S. The molecule has 3 N–H and O–H groups in total. The van der Waals surface area contributed by atoms with E-state index in [4.69, 9.17) is 5.73 Å². The fraction of sp³-hybridized carbons (Fsp3) is 0.167. The molecule has 0 amide bonds. The molecule has 1 aromatic carbocycles. The molecule has 0 bridgehead atoms. The number of sulfonamides is 1. The SMILES string of the molecule is Cc1cc(C)nc(NS(=O)(=O)c2cc(N)cc(Br)c2F)n1. The van der Waals surface area contributed by atoms with Crippen molar-refractivity contribution < 1.29 is 12.8 Å². The van der Waals surface area contributed by atoms with E-state index in [-0.39, 0.29) is 16.1 Å². The highest BCUT2D eigenvalue weighted by molar-refractivity contribution is 9.10. The number of anilines is 2. The second kappa shape index (κ2) is 5.57. The maximum absolute atomic E-state index is 14.0. The van der Waals surface area contributed by atoms with Crippen LogP contribution in [0.5, 0.6) is 0 Å². The van der Waals surface area contributed by atoms with Crippen molar-refractivity contribution in [2.75, 3.05) is 10.5 Å². The zero-order valence-electron chi connectivity index (χ0n) is 11.2. The molecule has 0 aliphatic carbocycles. The number of nitrogens with two attached hydrogens (primary N) is 1. The van der Waals surface area contributed by atoms with E-state index in [0.29, 0.717) is 11.4 Å². The van der Waals surface area contributed by atoms with Crippen molar-refractivity contribution in [2.45, 2.75) is 18.7 Å². The average Bonchev–Trinajstić information content (AvgIpc) is 2.31. The number of benzene rings is 1. The number of rotatable bonds is 3. The largest absolute Gasteiger partial charge is 0.399 e. The summed E-state index contributed by atoms with van der Waals surface area (Å²) in [6, 6.07) is 4.00. The van der Waals surface area contributed by atoms with Crippen molar-refractivity contribution in [3.8, 4) is 0 Å². The lowest BCUT2D eigenvalue weighted by atomic mass is 10.3. The van der Waals surface area contributed by atoms with E-state index in [9.17, 15) is 12.8 Å².